The van der Waals surface area contributed by atoms with Crippen LogP contribution in [0.5, 0.6) is 0 Å². The van der Waals surface area contributed by atoms with E-state index in [9.17, 15) is 0 Å². The fourth-order valence-corrected chi connectivity index (χ4v) is 9.17. The molecule has 2 aliphatic carbocycles. The molecule has 2 heteroatoms. The Labute approximate surface area is 327 Å². The van der Waals surface area contributed by atoms with E-state index >= 15 is 0 Å². The van der Waals surface area contributed by atoms with E-state index in [4.69, 9.17) is 9.97 Å². The monoisotopic (exact) mass is 712 g/mol. The van der Waals surface area contributed by atoms with Crippen LogP contribution in [-0.2, 0) is 5.41 Å². The highest BCUT2D eigenvalue weighted by Crippen LogP contribution is 2.63. The van der Waals surface area contributed by atoms with Gasteiger partial charge >= 0.3 is 0 Å². The molecule has 0 saturated carbocycles. The van der Waals surface area contributed by atoms with Gasteiger partial charge in [0.1, 0.15) is 0 Å². The maximum atomic E-state index is 5.16. The van der Waals surface area contributed by atoms with Crippen molar-refractivity contribution in [2.75, 3.05) is 0 Å². The highest BCUT2D eigenvalue weighted by molar-refractivity contribution is 5.96. The molecule has 0 aliphatic heterocycles. The van der Waals surface area contributed by atoms with Crippen LogP contribution in [0, 0.1) is 6.92 Å². The maximum absolute atomic E-state index is 5.16. The molecule has 0 atom stereocenters. The van der Waals surface area contributed by atoms with E-state index in [1.807, 2.05) is 0 Å². The molecule has 2 nitrogen and oxygen atoms in total. The summed E-state index contributed by atoms with van der Waals surface area (Å²) in [6, 6.07) is 72.7. The topological polar surface area (TPSA) is 25.8 Å². The van der Waals surface area contributed by atoms with Gasteiger partial charge in [-0.3, -0.25) is 0 Å². The van der Waals surface area contributed by atoms with Crippen molar-refractivity contribution in [3.05, 3.63) is 228 Å². The summed E-state index contributed by atoms with van der Waals surface area (Å²) in [5.74, 6) is 0.715. The van der Waals surface area contributed by atoms with Crippen LogP contribution in [-0.4, -0.2) is 9.97 Å². The Morgan fingerprint density at radius 1 is 0.304 bits per heavy atom. The number of rotatable bonds is 5. The van der Waals surface area contributed by atoms with Gasteiger partial charge in [-0.2, -0.15) is 0 Å². The van der Waals surface area contributed by atoms with E-state index in [1.165, 1.54) is 66.8 Å². The summed E-state index contributed by atoms with van der Waals surface area (Å²) < 4.78 is 0. The molecular weight excluding hydrogens is 677 g/mol. The van der Waals surface area contributed by atoms with Crippen molar-refractivity contribution in [3.8, 4) is 78.4 Å². The first-order chi connectivity index (χ1) is 27.6. The van der Waals surface area contributed by atoms with Crippen molar-refractivity contribution < 1.29 is 0 Å². The molecule has 11 rings (SSSR count). The van der Waals surface area contributed by atoms with Crippen LogP contribution in [0.4, 0.5) is 0 Å². The quantitative estimate of drug-likeness (QED) is 0.178. The SMILES string of the molecule is Cc1ccc(-c2nc(-c3ccc(-c4ccc5c(c4)C4(c6ccccc6-c6ccccc64)c4ccccc4-5)cc3)cc(-c3cccc(-c4ccccc4)c3)n2)cc1. The first-order valence-electron chi connectivity index (χ1n) is 19.3. The summed E-state index contributed by atoms with van der Waals surface area (Å²) in [6.45, 7) is 2.11. The molecule has 0 amide bonds. The van der Waals surface area contributed by atoms with Crippen LogP contribution < -0.4 is 0 Å². The number of aromatic nitrogens is 2. The lowest BCUT2D eigenvalue weighted by Crippen LogP contribution is -2.25. The number of aryl methyl sites for hydroxylation is 1. The van der Waals surface area contributed by atoms with Crippen molar-refractivity contribution >= 4 is 0 Å². The number of hydrogen-bond acceptors (Lipinski definition) is 2. The number of nitrogens with zero attached hydrogens (tertiary/aromatic N) is 2. The average molecular weight is 713 g/mol. The van der Waals surface area contributed by atoms with Crippen molar-refractivity contribution in [2.45, 2.75) is 12.3 Å². The zero-order chi connectivity index (χ0) is 37.2. The Bertz CT molecular complexity index is 2900. The van der Waals surface area contributed by atoms with Gasteiger partial charge in [-0.05, 0) is 91.9 Å². The van der Waals surface area contributed by atoms with E-state index in [0.717, 1.165) is 33.6 Å². The van der Waals surface area contributed by atoms with Gasteiger partial charge in [-0.25, -0.2) is 9.97 Å². The predicted octanol–water partition coefficient (Wildman–Crippen LogP) is 13.5. The molecule has 1 aromatic heterocycles. The molecule has 0 radical (unpaired) electrons. The molecule has 0 bridgehead atoms. The summed E-state index contributed by atoms with van der Waals surface area (Å²) in [4.78, 5) is 10.3. The van der Waals surface area contributed by atoms with Crippen LogP contribution in [0.2, 0.25) is 0 Å². The lowest BCUT2D eigenvalue weighted by atomic mass is 9.70. The lowest BCUT2D eigenvalue weighted by molar-refractivity contribution is 0.794. The van der Waals surface area contributed by atoms with E-state index in [0.29, 0.717) is 5.82 Å². The van der Waals surface area contributed by atoms with Crippen LogP contribution >= 0.6 is 0 Å². The second-order valence-corrected chi connectivity index (χ2v) is 15.0. The minimum Gasteiger partial charge on any atom is -0.228 e. The third kappa shape index (κ3) is 4.96. The molecule has 0 unspecified atom stereocenters. The smallest absolute Gasteiger partial charge is 0.160 e. The second-order valence-electron chi connectivity index (χ2n) is 15.0. The third-order valence-electron chi connectivity index (χ3n) is 11.8. The number of fused-ring (bicyclic) bond motifs is 10. The molecule has 0 N–H and O–H groups in total. The molecule has 56 heavy (non-hydrogen) atoms. The number of hydrogen-bond donors (Lipinski definition) is 0. The third-order valence-corrected chi connectivity index (χ3v) is 11.8. The molecule has 0 saturated heterocycles. The lowest BCUT2D eigenvalue weighted by Gasteiger charge is -2.30. The first kappa shape index (κ1) is 32.3. The molecule has 0 fully saturated rings. The zero-order valence-corrected chi connectivity index (χ0v) is 30.9. The molecule has 9 aromatic rings. The van der Waals surface area contributed by atoms with Crippen molar-refractivity contribution in [1.29, 1.82) is 0 Å². The second kappa shape index (κ2) is 12.7. The van der Waals surface area contributed by atoms with Gasteiger partial charge in [0.05, 0.1) is 16.8 Å². The standard InChI is InChI=1S/C54H36N2/c1-35-22-24-39(25-23-35)53-55-51(34-52(56-53)42-15-11-14-40(32-42)36-12-3-2-4-13-36)38-28-26-37(27-29-38)41-30-31-46-45-18-7-10-21-49(45)54(50(46)33-41)47-19-8-5-16-43(47)44-17-6-9-20-48(44)54/h2-34H,1H3. The van der Waals surface area contributed by atoms with Crippen LogP contribution in [0.1, 0.15) is 27.8 Å². The van der Waals surface area contributed by atoms with Crippen molar-refractivity contribution in [3.63, 3.8) is 0 Å². The Kier molecular flexibility index (Phi) is 7.33. The summed E-state index contributed by atoms with van der Waals surface area (Å²) in [5.41, 5.74) is 21.1. The molecular formula is C54H36N2. The molecule has 1 heterocycles. The molecule has 8 aromatic carbocycles. The van der Waals surface area contributed by atoms with Crippen LogP contribution in [0.15, 0.2) is 200 Å². The molecule has 262 valence electrons. The van der Waals surface area contributed by atoms with Crippen LogP contribution in [0.25, 0.3) is 78.4 Å². The summed E-state index contributed by atoms with van der Waals surface area (Å²) >= 11 is 0. The van der Waals surface area contributed by atoms with Gasteiger partial charge in [-0.1, -0.05) is 188 Å². The van der Waals surface area contributed by atoms with Gasteiger partial charge in [0.2, 0.25) is 0 Å². The van der Waals surface area contributed by atoms with Gasteiger partial charge in [-0.15, -0.1) is 0 Å². The van der Waals surface area contributed by atoms with Gasteiger partial charge in [0, 0.05) is 16.7 Å². The Balaban J connectivity index is 1.02. The number of benzene rings is 8. The van der Waals surface area contributed by atoms with Gasteiger partial charge < -0.3 is 0 Å². The zero-order valence-electron chi connectivity index (χ0n) is 30.9. The van der Waals surface area contributed by atoms with Crippen LogP contribution in [0.3, 0.4) is 0 Å². The first-order valence-corrected chi connectivity index (χ1v) is 19.3. The van der Waals surface area contributed by atoms with E-state index in [1.54, 1.807) is 0 Å². The van der Waals surface area contributed by atoms with Gasteiger partial charge in [0.15, 0.2) is 5.82 Å². The fraction of sp³-hybridized carbons (Fsp3) is 0.0370. The summed E-state index contributed by atoms with van der Waals surface area (Å²) in [5, 5.41) is 0. The maximum Gasteiger partial charge on any atom is 0.160 e. The summed E-state index contributed by atoms with van der Waals surface area (Å²) in [7, 11) is 0. The highest BCUT2D eigenvalue weighted by Gasteiger charge is 2.51. The van der Waals surface area contributed by atoms with Crippen molar-refractivity contribution in [1.82, 2.24) is 9.97 Å². The Hall–Kier alpha value is -7.16. The fourth-order valence-electron chi connectivity index (χ4n) is 9.17. The molecule has 2 aliphatic rings. The normalized spacial score (nSPS) is 12.9. The van der Waals surface area contributed by atoms with Gasteiger partial charge in [0.25, 0.3) is 0 Å². The summed E-state index contributed by atoms with van der Waals surface area (Å²) in [6.07, 6.45) is 0. The Morgan fingerprint density at radius 3 is 1.39 bits per heavy atom. The largest absolute Gasteiger partial charge is 0.228 e. The van der Waals surface area contributed by atoms with Crippen molar-refractivity contribution in [2.24, 2.45) is 0 Å². The van der Waals surface area contributed by atoms with E-state index in [2.05, 4.69) is 207 Å². The molecule has 1 spiro atoms. The Morgan fingerprint density at radius 2 is 0.750 bits per heavy atom. The highest BCUT2D eigenvalue weighted by atomic mass is 14.9. The average Bonchev–Trinajstić information content (AvgIpc) is 3.74. The van der Waals surface area contributed by atoms with E-state index in [-0.39, 0.29) is 5.41 Å². The minimum atomic E-state index is -0.364. The predicted molar refractivity (Wildman–Crippen MR) is 230 cm³/mol. The van der Waals surface area contributed by atoms with E-state index < -0.39 is 0 Å². The minimum absolute atomic E-state index is 0.364.